The molecule has 1 aromatic carbocycles. The van der Waals surface area contributed by atoms with Crippen LogP contribution in [0, 0.1) is 18.6 Å². The molecule has 1 rings (SSSR count). The normalized spacial score (nSPS) is 10.1. The van der Waals surface area contributed by atoms with Crippen LogP contribution in [0.4, 0.5) is 8.78 Å². The average Bonchev–Trinajstić information content (AvgIpc) is 2.14. The van der Waals surface area contributed by atoms with Gasteiger partial charge in [-0.25, -0.2) is 8.78 Å². The molecule has 0 spiro atoms. The van der Waals surface area contributed by atoms with Gasteiger partial charge in [0.2, 0.25) is 0 Å². The lowest BCUT2D eigenvalue weighted by atomic mass is 9.79. The van der Waals surface area contributed by atoms with Crippen molar-refractivity contribution in [3.63, 3.8) is 0 Å². The van der Waals surface area contributed by atoms with E-state index in [1.807, 2.05) is 0 Å². The molecule has 0 saturated carbocycles. The highest BCUT2D eigenvalue weighted by Gasteiger charge is 2.23. The SMILES string of the molecule is COc1cc(B(O)O)c(F)c(F)c1C. The van der Waals surface area contributed by atoms with Crippen molar-refractivity contribution in [2.75, 3.05) is 7.11 Å². The van der Waals surface area contributed by atoms with Crippen LogP contribution < -0.4 is 10.2 Å². The highest BCUT2D eigenvalue weighted by molar-refractivity contribution is 6.58. The van der Waals surface area contributed by atoms with Crippen LogP contribution in [0.5, 0.6) is 5.75 Å². The van der Waals surface area contributed by atoms with Crippen LogP contribution in [-0.2, 0) is 0 Å². The summed E-state index contributed by atoms with van der Waals surface area (Å²) >= 11 is 0. The Morgan fingerprint density at radius 3 is 2.29 bits per heavy atom. The Labute approximate surface area is 80.1 Å². The maximum Gasteiger partial charge on any atom is 0.491 e. The summed E-state index contributed by atoms with van der Waals surface area (Å²) in [7, 11) is -0.772. The Balaban J connectivity index is 3.40. The predicted octanol–water partition coefficient (Wildman–Crippen LogP) is -0.0384. The van der Waals surface area contributed by atoms with Crippen LogP contribution in [0.1, 0.15) is 5.56 Å². The summed E-state index contributed by atoms with van der Waals surface area (Å²) in [5, 5.41) is 17.5. The van der Waals surface area contributed by atoms with Crippen LogP contribution in [-0.4, -0.2) is 24.3 Å². The number of hydrogen-bond donors (Lipinski definition) is 2. The molecule has 1 aromatic rings. The van der Waals surface area contributed by atoms with Gasteiger partial charge in [-0.15, -0.1) is 0 Å². The molecule has 14 heavy (non-hydrogen) atoms. The van der Waals surface area contributed by atoms with Crippen LogP contribution in [0.15, 0.2) is 6.07 Å². The number of halogens is 2. The van der Waals surface area contributed by atoms with Crippen LogP contribution >= 0.6 is 0 Å². The van der Waals surface area contributed by atoms with E-state index in [1.54, 1.807) is 0 Å². The van der Waals surface area contributed by atoms with E-state index < -0.39 is 24.2 Å². The molecule has 0 radical (unpaired) electrons. The number of hydrogen-bond acceptors (Lipinski definition) is 3. The lowest BCUT2D eigenvalue weighted by molar-refractivity contribution is 0.397. The molecule has 0 aliphatic rings. The lowest BCUT2D eigenvalue weighted by Gasteiger charge is -2.10. The van der Waals surface area contributed by atoms with Gasteiger partial charge in [-0.2, -0.15) is 0 Å². The Bertz CT molecular complexity index is 355. The molecule has 76 valence electrons. The fraction of sp³-hybridized carbons (Fsp3) is 0.250. The van der Waals surface area contributed by atoms with Crippen LogP contribution in [0.25, 0.3) is 0 Å². The topological polar surface area (TPSA) is 49.7 Å². The van der Waals surface area contributed by atoms with Gasteiger partial charge in [-0.1, -0.05) is 0 Å². The minimum atomic E-state index is -2.06. The van der Waals surface area contributed by atoms with Gasteiger partial charge in [0, 0.05) is 11.0 Å². The smallest absolute Gasteiger partial charge is 0.491 e. The van der Waals surface area contributed by atoms with E-state index in [-0.39, 0.29) is 11.3 Å². The van der Waals surface area contributed by atoms with Crippen molar-refractivity contribution in [3.8, 4) is 5.75 Å². The van der Waals surface area contributed by atoms with Gasteiger partial charge < -0.3 is 14.8 Å². The molecule has 6 heteroatoms. The van der Waals surface area contributed by atoms with E-state index in [0.29, 0.717) is 0 Å². The second-order valence-corrected chi connectivity index (χ2v) is 2.79. The van der Waals surface area contributed by atoms with Crippen molar-refractivity contribution in [3.05, 3.63) is 23.3 Å². The van der Waals surface area contributed by atoms with Crippen molar-refractivity contribution >= 4 is 12.6 Å². The lowest BCUT2D eigenvalue weighted by Crippen LogP contribution is -2.34. The standard InChI is InChI=1S/C8H9BF2O3/c1-4-6(14-2)3-5(9(12)13)8(11)7(4)10/h3,12-13H,1-2H3. The van der Waals surface area contributed by atoms with Gasteiger partial charge >= 0.3 is 7.12 Å². The second-order valence-electron chi connectivity index (χ2n) is 2.79. The summed E-state index contributed by atoms with van der Waals surface area (Å²) in [5.74, 6) is -2.32. The van der Waals surface area contributed by atoms with E-state index in [1.165, 1.54) is 14.0 Å². The second kappa shape index (κ2) is 3.94. The summed E-state index contributed by atoms with van der Waals surface area (Å²) in [6.45, 7) is 1.34. The highest BCUT2D eigenvalue weighted by Crippen LogP contribution is 2.20. The molecule has 0 unspecified atom stereocenters. The molecular weight excluding hydrogens is 193 g/mol. The van der Waals surface area contributed by atoms with Crippen molar-refractivity contribution in [2.45, 2.75) is 6.92 Å². The Morgan fingerprint density at radius 2 is 1.86 bits per heavy atom. The van der Waals surface area contributed by atoms with Gasteiger partial charge in [-0.3, -0.25) is 0 Å². The van der Waals surface area contributed by atoms with Crippen molar-refractivity contribution in [1.82, 2.24) is 0 Å². The molecule has 0 bridgehead atoms. The highest BCUT2D eigenvalue weighted by atomic mass is 19.2. The molecule has 0 saturated heterocycles. The van der Waals surface area contributed by atoms with E-state index >= 15 is 0 Å². The van der Waals surface area contributed by atoms with Crippen molar-refractivity contribution in [1.29, 1.82) is 0 Å². The summed E-state index contributed by atoms with van der Waals surface area (Å²) in [5.41, 5.74) is -0.542. The largest absolute Gasteiger partial charge is 0.496 e. The number of methoxy groups -OCH3 is 1. The molecule has 3 nitrogen and oxygen atoms in total. The first-order valence-corrected chi connectivity index (χ1v) is 3.87. The van der Waals surface area contributed by atoms with Gasteiger partial charge in [0.15, 0.2) is 11.6 Å². The summed E-state index contributed by atoms with van der Waals surface area (Å²) in [4.78, 5) is 0. The minimum absolute atomic E-state index is 0.00519. The first kappa shape index (κ1) is 10.9. The van der Waals surface area contributed by atoms with E-state index in [9.17, 15) is 8.78 Å². The molecule has 0 aliphatic carbocycles. The molecule has 0 aliphatic heterocycles. The zero-order chi connectivity index (χ0) is 10.9. The van der Waals surface area contributed by atoms with Gasteiger partial charge in [0.05, 0.1) is 7.11 Å². The van der Waals surface area contributed by atoms with Gasteiger partial charge in [-0.05, 0) is 13.0 Å². The molecule has 0 amide bonds. The van der Waals surface area contributed by atoms with Crippen molar-refractivity contribution in [2.24, 2.45) is 0 Å². The third kappa shape index (κ3) is 1.71. The van der Waals surface area contributed by atoms with Gasteiger partial charge in [0.25, 0.3) is 0 Å². The number of ether oxygens (including phenoxy) is 1. The zero-order valence-electron chi connectivity index (χ0n) is 7.71. The maximum atomic E-state index is 13.1. The molecule has 0 heterocycles. The summed E-state index contributed by atoms with van der Waals surface area (Å²) < 4.78 is 30.9. The maximum absolute atomic E-state index is 13.1. The molecule has 0 atom stereocenters. The summed E-state index contributed by atoms with van der Waals surface area (Å²) in [6.07, 6.45) is 0. The molecule has 0 aromatic heterocycles. The minimum Gasteiger partial charge on any atom is -0.496 e. The first-order chi connectivity index (χ1) is 6.49. The zero-order valence-corrected chi connectivity index (χ0v) is 7.71. The Kier molecular flexibility index (Phi) is 3.08. The number of benzene rings is 1. The van der Waals surface area contributed by atoms with Crippen LogP contribution in [0.2, 0.25) is 0 Å². The first-order valence-electron chi connectivity index (χ1n) is 3.87. The predicted molar refractivity (Wildman–Crippen MR) is 47.5 cm³/mol. The third-order valence-corrected chi connectivity index (χ3v) is 1.93. The Hall–Kier alpha value is -1.14. The van der Waals surface area contributed by atoms with Crippen LogP contribution in [0.3, 0.4) is 0 Å². The number of rotatable bonds is 2. The van der Waals surface area contributed by atoms with E-state index in [2.05, 4.69) is 0 Å². The van der Waals surface area contributed by atoms with E-state index in [4.69, 9.17) is 14.8 Å². The average molecular weight is 202 g/mol. The quantitative estimate of drug-likeness (QED) is 0.661. The molecular formula is C8H9BF2O3. The van der Waals surface area contributed by atoms with Crippen molar-refractivity contribution < 1.29 is 23.6 Å². The molecule has 0 fully saturated rings. The van der Waals surface area contributed by atoms with Gasteiger partial charge in [0.1, 0.15) is 5.75 Å². The Morgan fingerprint density at radius 1 is 1.29 bits per heavy atom. The summed E-state index contributed by atoms with van der Waals surface area (Å²) in [6, 6.07) is 1.05. The monoisotopic (exact) mass is 202 g/mol. The van der Waals surface area contributed by atoms with E-state index in [0.717, 1.165) is 6.07 Å². The fourth-order valence-electron chi connectivity index (χ4n) is 1.11. The molecule has 2 N–H and O–H groups in total. The third-order valence-electron chi connectivity index (χ3n) is 1.93. The fourth-order valence-corrected chi connectivity index (χ4v) is 1.11.